The van der Waals surface area contributed by atoms with Crippen molar-refractivity contribution in [2.45, 2.75) is 18.3 Å². The van der Waals surface area contributed by atoms with Crippen molar-refractivity contribution in [3.05, 3.63) is 83.9 Å². The first-order chi connectivity index (χ1) is 16.2. The number of hydrogen-bond acceptors (Lipinski definition) is 5. The molecule has 2 aromatic heterocycles. The van der Waals surface area contributed by atoms with Gasteiger partial charge < -0.3 is 5.32 Å². The molecule has 0 aliphatic rings. The average molecular weight is 487 g/mol. The van der Waals surface area contributed by atoms with Crippen LogP contribution in [0.1, 0.15) is 11.4 Å². The highest BCUT2D eigenvalue weighted by Gasteiger charge is 2.34. The number of rotatable bonds is 6. The normalized spacial score (nSPS) is 11.4. The van der Waals surface area contributed by atoms with Crippen molar-refractivity contribution in [1.82, 2.24) is 19.7 Å². The smallest absolute Gasteiger partial charge is 0.310 e. The molecule has 4 aromatic rings. The molecular formula is C23H17F4N5OS. The summed E-state index contributed by atoms with van der Waals surface area (Å²) in [5.41, 5.74) is 0.536. The van der Waals surface area contributed by atoms with Crippen molar-refractivity contribution in [3.63, 3.8) is 0 Å². The van der Waals surface area contributed by atoms with E-state index in [1.54, 1.807) is 17.7 Å². The van der Waals surface area contributed by atoms with Crippen LogP contribution in [0.5, 0.6) is 0 Å². The van der Waals surface area contributed by atoms with Crippen LogP contribution in [0.2, 0.25) is 0 Å². The molecular weight excluding hydrogens is 470 g/mol. The zero-order valence-corrected chi connectivity index (χ0v) is 18.5. The number of nitrogens with zero attached hydrogens (tertiary/aromatic N) is 4. The fraction of sp³-hybridized carbons (Fsp3) is 0.130. The van der Waals surface area contributed by atoms with Crippen molar-refractivity contribution < 1.29 is 22.4 Å². The van der Waals surface area contributed by atoms with Gasteiger partial charge in [0, 0.05) is 11.6 Å². The lowest BCUT2D eigenvalue weighted by Gasteiger charge is -2.11. The van der Waals surface area contributed by atoms with E-state index in [9.17, 15) is 22.4 Å². The summed E-state index contributed by atoms with van der Waals surface area (Å²) in [4.78, 5) is 20.2. The molecule has 34 heavy (non-hydrogen) atoms. The third-order valence-electron chi connectivity index (χ3n) is 4.57. The molecule has 174 valence electrons. The third kappa shape index (κ3) is 5.60. The summed E-state index contributed by atoms with van der Waals surface area (Å²) in [6.45, 7) is 1.78. The van der Waals surface area contributed by atoms with Crippen molar-refractivity contribution >= 4 is 23.5 Å². The van der Waals surface area contributed by atoms with Gasteiger partial charge in [0.1, 0.15) is 17.3 Å². The van der Waals surface area contributed by atoms with Gasteiger partial charge in [0.05, 0.1) is 22.8 Å². The Hall–Kier alpha value is -3.73. The number of aryl methyl sites for hydroxylation is 1. The van der Waals surface area contributed by atoms with Gasteiger partial charge in [-0.05, 0) is 49.4 Å². The molecule has 2 heterocycles. The molecule has 0 atom stereocenters. The van der Waals surface area contributed by atoms with Crippen LogP contribution < -0.4 is 5.32 Å². The van der Waals surface area contributed by atoms with E-state index >= 15 is 0 Å². The van der Waals surface area contributed by atoms with Gasteiger partial charge in [-0.1, -0.05) is 30.0 Å². The van der Waals surface area contributed by atoms with Crippen LogP contribution >= 0.6 is 11.8 Å². The van der Waals surface area contributed by atoms with Gasteiger partial charge in [-0.15, -0.1) is 0 Å². The van der Waals surface area contributed by atoms with Crippen LogP contribution in [-0.4, -0.2) is 31.4 Å². The lowest BCUT2D eigenvalue weighted by Crippen LogP contribution is -2.17. The van der Waals surface area contributed by atoms with Crippen molar-refractivity contribution in [2.24, 2.45) is 0 Å². The fourth-order valence-corrected chi connectivity index (χ4v) is 3.73. The number of alkyl halides is 3. The SMILES string of the molecule is Cc1cc(NC(=O)CSc2nc(-c3ccc(F)cc3)cc(C(F)(F)F)n2)n(-c2ccccc2)n1. The largest absolute Gasteiger partial charge is 0.433 e. The number of para-hydroxylation sites is 1. The second-order valence-corrected chi connectivity index (χ2v) is 8.12. The van der Waals surface area contributed by atoms with Gasteiger partial charge in [0.15, 0.2) is 5.16 Å². The summed E-state index contributed by atoms with van der Waals surface area (Å²) in [5.74, 6) is -0.800. The Balaban J connectivity index is 1.53. The number of hydrogen-bond donors (Lipinski definition) is 1. The van der Waals surface area contributed by atoms with Crippen molar-refractivity contribution in [2.75, 3.05) is 11.1 Å². The highest BCUT2D eigenvalue weighted by Crippen LogP contribution is 2.32. The van der Waals surface area contributed by atoms with E-state index in [1.807, 2.05) is 30.3 Å². The summed E-state index contributed by atoms with van der Waals surface area (Å²) in [7, 11) is 0. The van der Waals surface area contributed by atoms with Crippen LogP contribution in [0.15, 0.2) is 71.9 Å². The second-order valence-electron chi connectivity index (χ2n) is 7.18. The van der Waals surface area contributed by atoms with Gasteiger partial charge in [-0.3, -0.25) is 4.79 Å². The molecule has 0 radical (unpaired) electrons. The van der Waals surface area contributed by atoms with E-state index in [1.165, 1.54) is 12.1 Å². The molecule has 0 saturated carbocycles. The van der Waals surface area contributed by atoms with Gasteiger partial charge in [-0.25, -0.2) is 19.0 Å². The van der Waals surface area contributed by atoms with Gasteiger partial charge in [0.25, 0.3) is 0 Å². The van der Waals surface area contributed by atoms with E-state index in [-0.39, 0.29) is 16.6 Å². The first kappa shape index (κ1) is 23.4. The summed E-state index contributed by atoms with van der Waals surface area (Å²) >= 11 is 0.761. The number of carbonyl (C=O) groups is 1. The number of halogens is 4. The standard InChI is InChI=1S/C23H17F4N5OS/c1-14-11-20(32(31-14)17-5-3-2-4-6-17)30-21(33)13-34-22-28-18(12-19(29-22)23(25,26)27)15-7-9-16(24)10-8-15/h2-12H,13H2,1H3,(H,30,33). The Kier molecular flexibility index (Phi) is 6.64. The Morgan fingerprint density at radius 3 is 2.41 bits per heavy atom. The molecule has 1 N–H and O–H groups in total. The minimum atomic E-state index is -4.71. The molecule has 0 aliphatic carbocycles. The number of anilines is 1. The van der Waals surface area contributed by atoms with Gasteiger partial charge in [0.2, 0.25) is 5.91 Å². The number of benzene rings is 2. The molecule has 11 heteroatoms. The molecule has 0 unspecified atom stereocenters. The summed E-state index contributed by atoms with van der Waals surface area (Å²) < 4.78 is 54.9. The lowest BCUT2D eigenvalue weighted by atomic mass is 10.1. The van der Waals surface area contributed by atoms with Crippen molar-refractivity contribution in [1.29, 1.82) is 0 Å². The maximum Gasteiger partial charge on any atom is 0.433 e. The molecule has 0 aliphatic heterocycles. The predicted molar refractivity (Wildman–Crippen MR) is 120 cm³/mol. The van der Waals surface area contributed by atoms with Gasteiger partial charge >= 0.3 is 6.18 Å². The molecule has 2 aromatic carbocycles. The zero-order chi connectivity index (χ0) is 24.3. The molecule has 0 bridgehead atoms. The minimum Gasteiger partial charge on any atom is -0.310 e. The highest BCUT2D eigenvalue weighted by atomic mass is 32.2. The third-order valence-corrected chi connectivity index (χ3v) is 5.42. The number of amides is 1. The number of nitrogens with one attached hydrogen (secondary N) is 1. The first-order valence-corrected chi connectivity index (χ1v) is 10.9. The van der Waals surface area contributed by atoms with Crippen LogP contribution in [0.4, 0.5) is 23.4 Å². The predicted octanol–water partition coefficient (Wildman–Crippen LogP) is 5.53. The highest BCUT2D eigenvalue weighted by molar-refractivity contribution is 7.99. The zero-order valence-electron chi connectivity index (χ0n) is 17.7. The topological polar surface area (TPSA) is 72.7 Å². The summed E-state index contributed by atoms with van der Waals surface area (Å²) in [6.07, 6.45) is -4.71. The number of carbonyl (C=O) groups excluding carboxylic acids is 1. The molecule has 0 spiro atoms. The van der Waals surface area contributed by atoms with Crippen LogP contribution in [-0.2, 0) is 11.0 Å². The minimum absolute atomic E-state index is 0.0250. The van der Waals surface area contributed by atoms with Gasteiger partial charge in [-0.2, -0.15) is 18.3 Å². The van der Waals surface area contributed by atoms with E-state index in [2.05, 4.69) is 20.4 Å². The van der Waals surface area contributed by atoms with Crippen LogP contribution in [0, 0.1) is 12.7 Å². The molecule has 6 nitrogen and oxygen atoms in total. The maximum atomic E-state index is 13.4. The number of aromatic nitrogens is 4. The van der Waals surface area contributed by atoms with E-state index < -0.39 is 23.6 Å². The van der Waals surface area contributed by atoms with Crippen LogP contribution in [0.25, 0.3) is 16.9 Å². The first-order valence-electron chi connectivity index (χ1n) is 9.96. The van der Waals surface area contributed by atoms with Crippen molar-refractivity contribution in [3.8, 4) is 16.9 Å². The Morgan fingerprint density at radius 2 is 1.74 bits per heavy atom. The Bertz CT molecular complexity index is 1310. The Labute approximate surface area is 196 Å². The summed E-state index contributed by atoms with van der Waals surface area (Å²) in [5, 5.41) is 6.85. The maximum absolute atomic E-state index is 13.4. The average Bonchev–Trinajstić information content (AvgIpc) is 3.18. The Morgan fingerprint density at radius 1 is 1.03 bits per heavy atom. The lowest BCUT2D eigenvalue weighted by molar-refractivity contribution is -0.141. The molecule has 0 fully saturated rings. The summed E-state index contributed by atoms with van der Waals surface area (Å²) in [6, 6.07) is 16.5. The van der Waals surface area contributed by atoms with E-state index in [0.29, 0.717) is 17.1 Å². The fourth-order valence-electron chi connectivity index (χ4n) is 3.07. The monoisotopic (exact) mass is 487 g/mol. The van der Waals surface area contributed by atoms with Crippen LogP contribution in [0.3, 0.4) is 0 Å². The molecule has 4 rings (SSSR count). The second kappa shape index (κ2) is 9.64. The molecule has 0 saturated heterocycles. The molecule has 1 amide bonds. The number of thioether (sulfide) groups is 1. The van der Waals surface area contributed by atoms with E-state index in [0.717, 1.165) is 35.6 Å². The quantitative estimate of drug-likeness (QED) is 0.220. The van der Waals surface area contributed by atoms with E-state index in [4.69, 9.17) is 0 Å².